The van der Waals surface area contributed by atoms with Crippen molar-refractivity contribution in [3.05, 3.63) is 48.0 Å². The van der Waals surface area contributed by atoms with E-state index in [1.165, 1.54) is 7.11 Å². The Balaban J connectivity index is 3.13. The van der Waals surface area contributed by atoms with Crippen LogP contribution >= 0.6 is 0 Å². The van der Waals surface area contributed by atoms with Crippen LogP contribution in [0.1, 0.15) is 18.5 Å². The smallest absolute Gasteiger partial charge is 0.394 e. The summed E-state index contributed by atoms with van der Waals surface area (Å²) in [6.45, 7) is 1.72. The van der Waals surface area contributed by atoms with Gasteiger partial charge in [-0.15, -0.1) is 0 Å². The van der Waals surface area contributed by atoms with E-state index in [0.717, 1.165) is 10.5 Å². The van der Waals surface area contributed by atoms with E-state index < -0.39 is 17.9 Å². The Morgan fingerprint density at radius 2 is 2.00 bits per heavy atom. The first kappa shape index (κ1) is 14.9. The third-order valence-corrected chi connectivity index (χ3v) is 2.56. The minimum atomic E-state index is -1.50. The fraction of sp³-hybridized carbons (Fsp3) is 0.286. The van der Waals surface area contributed by atoms with Gasteiger partial charge in [0.25, 0.3) is 0 Å². The lowest BCUT2D eigenvalue weighted by molar-refractivity contribution is -0.159. The number of amides is 1. The summed E-state index contributed by atoms with van der Waals surface area (Å²) in [6, 6.07) is 8.74. The zero-order valence-corrected chi connectivity index (χ0v) is 10.9. The van der Waals surface area contributed by atoms with Gasteiger partial charge in [0.15, 0.2) is 0 Å². The summed E-state index contributed by atoms with van der Waals surface area (Å²) in [4.78, 5) is 23.8. The zero-order valence-electron chi connectivity index (χ0n) is 10.9. The van der Waals surface area contributed by atoms with Crippen LogP contribution in [0.3, 0.4) is 0 Å². The first-order valence-electron chi connectivity index (χ1n) is 5.82. The summed E-state index contributed by atoms with van der Waals surface area (Å²) in [5.41, 5.74) is 0.826. The fourth-order valence-electron chi connectivity index (χ4n) is 1.75. The van der Waals surface area contributed by atoms with Crippen molar-refractivity contribution in [1.82, 2.24) is 4.90 Å². The average Bonchev–Trinajstić information content (AvgIpc) is 2.43. The first-order chi connectivity index (χ1) is 9.11. The predicted octanol–water partition coefficient (Wildman–Crippen LogP) is 1.82. The topological polar surface area (TPSA) is 66.8 Å². The van der Waals surface area contributed by atoms with Gasteiger partial charge in [0.2, 0.25) is 0 Å². The molecule has 0 aliphatic rings. The lowest BCUT2D eigenvalue weighted by Gasteiger charge is -2.28. The van der Waals surface area contributed by atoms with Crippen LogP contribution in [-0.4, -0.2) is 35.7 Å². The SMILES string of the molecule is C/C=C/C(c1ccccc1)N(COC)C(=O)C(=O)O. The third kappa shape index (κ3) is 3.93. The molecule has 1 aromatic rings. The number of nitrogens with zero attached hydrogens (tertiary/aromatic N) is 1. The molecule has 102 valence electrons. The Bertz CT molecular complexity index is 456. The van der Waals surface area contributed by atoms with Gasteiger partial charge in [0, 0.05) is 7.11 Å². The molecule has 0 bridgehead atoms. The second-order valence-corrected chi connectivity index (χ2v) is 3.88. The van der Waals surface area contributed by atoms with E-state index in [-0.39, 0.29) is 6.73 Å². The van der Waals surface area contributed by atoms with Crippen LogP contribution in [0.15, 0.2) is 42.5 Å². The molecule has 5 nitrogen and oxygen atoms in total. The zero-order chi connectivity index (χ0) is 14.3. The highest BCUT2D eigenvalue weighted by atomic mass is 16.5. The van der Waals surface area contributed by atoms with Crippen LogP contribution in [0, 0.1) is 0 Å². The Hall–Kier alpha value is -2.14. The highest BCUT2D eigenvalue weighted by Crippen LogP contribution is 2.22. The van der Waals surface area contributed by atoms with Crippen molar-refractivity contribution in [2.24, 2.45) is 0 Å². The van der Waals surface area contributed by atoms with Crippen LogP contribution in [0.2, 0.25) is 0 Å². The van der Waals surface area contributed by atoms with Crippen molar-refractivity contribution in [1.29, 1.82) is 0 Å². The minimum Gasteiger partial charge on any atom is -0.474 e. The summed E-state index contributed by atoms with van der Waals surface area (Å²) < 4.78 is 4.93. The van der Waals surface area contributed by atoms with E-state index in [1.807, 2.05) is 37.3 Å². The van der Waals surface area contributed by atoms with Crippen molar-refractivity contribution < 1.29 is 19.4 Å². The number of allylic oxidation sites excluding steroid dienone is 1. The van der Waals surface area contributed by atoms with E-state index in [0.29, 0.717) is 0 Å². The molecule has 0 aliphatic carbocycles. The molecular weight excluding hydrogens is 246 g/mol. The summed E-state index contributed by atoms with van der Waals surface area (Å²) in [6.07, 6.45) is 3.53. The number of hydrogen-bond acceptors (Lipinski definition) is 3. The molecule has 0 saturated carbocycles. The fourth-order valence-corrected chi connectivity index (χ4v) is 1.75. The van der Waals surface area contributed by atoms with E-state index in [4.69, 9.17) is 9.84 Å². The van der Waals surface area contributed by atoms with E-state index in [9.17, 15) is 9.59 Å². The van der Waals surface area contributed by atoms with Crippen molar-refractivity contribution >= 4 is 11.9 Å². The molecule has 0 aromatic heterocycles. The number of ether oxygens (including phenoxy) is 1. The number of carboxylic acid groups (broad SMARTS) is 1. The normalized spacial score (nSPS) is 12.3. The summed E-state index contributed by atoms with van der Waals surface area (Å²) in [5, 5.41) is 8.87. The van der Waals surface area contributed by atoms with Crippen LogP contribution in [-0.2, 0) is 14.3 Å². The van der Waals surface area contributed by atoms with Gasteiger partial charge in [-0.3, -0.25) is 9.69 Å². The summed E-state index contributed by atoms with van der Waals surface area (Å²) >= 11 is 0. The lowest BCUT2D eigenvalue weighted by atomic mass is 10.0. The molecule has 0 spiro atoms. The number of carboxylic acids is 1. The molecule has 0 heterocycles. The number of rotatable bonds is 5. The molecule has 1 N–H and O–H groups in total. The van der Waals surface area contributed by atoms with Crippen LogP contribution in [0.25, 0.3) is 0 Å². The monoisotopic (exact) mass is 263 g/mol. The highest BCUT2D eigenvalue weighted by molar-refractivity contribution is 6.31. The quantitative estimate of drug-likeness (QED) is 0.500. The molecule has 1 amide bonds. The van der Waals surface area contributed by atoms with Crippen molar-refractivity contribution in [3.8, 4) is 0 Å². The van der Waals surface area contributed by atoms with E-state index >= 15 is 0 Å². The number of carbonyl (C=O) groups is 2. The van der Waals surface area contributed by atoms with Crippen LogP contribution in [0.5, 0.6) is 0 Å². The molecule has 0 aliphatic heterocycles. The van der Waals surface area contributed by atoms with Crippen LogP contribution in [0.4, 0.5) is 0 Å². The van der Waals surface area contributed by atoms with E-state index in [1.54, 1.807) is 12.2 Å². The van der Waals surface area contributed by atoms with Crippen molar-refractivity contribution in [2.75, 3.05) is 13.8 Å². The average molecular weight is 263 g/mol. The van der Waals surface area contributed by atoms with Gasteiger partial charge in [-0.05, 0) is 12.5 Å². The van der Waals surface area contributed by atoms with Gasteiger partial charge in [0.1, 0.15) is 6.73 Å². The van der Waals surface area contributed by atoms with Gasteiger partial charge in [0.05, 0.1) is 6.04 Å². The van der Waals surface area contributed by atoms with Crippen LogP contribution < -0.4 is 0 Å². The molecule has 1 unspecified atom stereocenters. The van der Waals surface area contributed by atoms with Crippen molar-refractivity contribution in [2.45, 2.75) is 13.0 Å². The molecule has 5 heteroatoms. The number of benzene rings is 1. The van der Waals surface area contributed by atoms with Crippen molar-refractivity contribution in [3.63, 3.8) is 0 Å². The number of carbonyl (C=O) groups excluding carboxylic acids is 1. The second-order valence-electron chi connectivity index (χ2n) is 3.88. The van der Waals surface area contributed by atoms with Gasteiger partial charge >= 0.3 is 11.9 Å². The van der Waals surface area contributed by atoms with Gasteiger partial charge in [-0.2, -0.15) is 0 Å². The molecular formula is C14H17NO4. The standard InChI is InChI=1S/C14H17NO4/c1-3-7-12(11-8-5-4-6-9-11)15(10-19-2)13(16)14(17)18/h3-9,12H,10H2,1-2H3,(H,17,18)/b7-3+. The Morgan fingerprint density at radius 1 is 1.37 bits per heavy atom. The third-order valence-electron chi connectivity index (χ3n) is 2.56. The van der Waals surface area contributed by atoms with Gasteiger partial charge < -0.3 is 9.84 Å². The molecule has 0 saturated heterocycles. The maximum atomic E-state index is 11.7. The highest BCUT2D eigenvalue weighted by Gasteiger charge is 2.27. The van der Waals surface area contributed by atoms with Gasteiger partial charge in [-0.1, -0.05) is 42.5 Å². The molecule has 19 heavy (non-hydrogen) atoms. The molecule has 1 rings (SSSR count). The molecule has 1 aromatic carbocycles. The Labute approximate surface area is 112 Å². The van der Waals surface area contributed by atoms with E-state index in [2.05, 4.69) is 0 Å². The summed E-state index contributed by atoms with van der Waals surface area (Å²) in [7, 11) is 1.42. The Morgan fingerprint density at radius 3 is 2.47 bits per heavy atom. The molecule has 0 radical (unpaired) electrons. The maximum Gasteiger partial charge on any atom is 0.394 e. The lowest BCUT2D eigenvalue weighted by Crippen LogP contribution is -2.40. The second kappa shape index (κ2) is 7.33. The first-order valence-corrected chi connectivity index (χ1v) is 5.82. The number of hydrogen-bond donors (Lipinski definition) is 1. The molecule has 1 atom stereocenters. The minimum absolute atomic E-state index is 0.0883. The largest absolute Gasteiger partial charge is 0.474 e. The van der Waals surface area contributed by atoms with Gasteiger partial charge in [-0.25, -0.2) is 4.79 Å². The number of aliphatic carboxylic acids is 1. The predicted molar refractivity (Wildman–Crippen MR) is 70.4 cm³/mol. The Kier molecular flexibility index (Phi) is 5.75. The maximum absolute atomic E-state index is 11.7. The molecule has 0 fully saturated rings. The number of methoxy groups -OCH3 is 1. The summed E-state index contributed by atoms with van der Waals surface area (Å²) in [5.74, 6) is -2.49.